The highest BCUT2D eigenvalue weighted by atomic mass is 32.2. The van der Waals surface area contributed by atoms with Gasteiger partial charge in [0, 0.05) is 25.6 Å². The molecular weight excluding hydrogens is 458 g/mol. The van der Waals surface area contributed by atoms with E-state index in [9.17, 15) is 22.8 Å². The quantitative estimate of drug-likeness (QED) is 0.545. The number of hydrogen-bond donors (Lipinski definition) is 2. The molecule has 10 nitrogen and oxygen atoms in total. The number of carbonyl (C=O) groups is 1. The molecule has 1 aromatic heterocycles. The smallest absolute Gasteiger partial charge is 0.330 e. The number of nitrogen functional groups attached to an aromatic ring is 1. The van der Waals surface area contributed by atoms with Crippen molar-refractivity contribution in [1.29, 1.82) is 0 Å². The van der Waals surface area contributed by atoms with E-state index >= 15 is 0 Å². The number of sulfonamides is 1. The van der Waals surface area contributed by atoms with E-state index < -0.39 is 27.2 Å². The number of rotatable bonds is 9. The van der Waals surface area contributed by atoms with E-state index in [0.29, 0.717) is 25.8 Å². The molecule has 1 fully saturated rings. The van der Waals surface area contributed by atoms with Crippen LogP contribution in [0.3, 0.4) is 0 Å². The maximum atomic E-state index is 13.7. The molecule has 1 aliphatic rings. The highest BCUT2D eigenvalue weighted by Gasteiger charge is 2.34. The number of H-pyrrole nitrogens is 1. The average molecular weight is 492 g/mol. The number of unbranched alkanes of at least 4 members (excludes halogenated alkanes) is 1. The number of nitrogens with one attached hydrogen (secondary N) is 1. The second kappa shape index (κ2) is 11.0. The first kappa shape index (κ1) is 25.7. The summed E-state index contributed by atoms with van der Waals surface area (Å²) in [5.41, 5.74) is 5.73. The van der Waals surface area contributed by atoms with Gasteiger partial charge in [0.1, 0.15) is 5.82 Å². The van der Waals surface area contributed by atoms with Crippen LogP contribution in [0.25, 0.3) is 0 Å². The average Bonchev–Trinajstić information content (AvgIpc) is 2.83. The monoisotopic (exact) mass is 491 g/mol. The van der Waals surface area contributed by atoms with Gasteiger partial charge >= 0.3 is 5.69 Å². The van der Waals surface area contributed by atoms with E-state index in [4.69, 9.17) is 5.73 Å². The molecule has 3 rings (SSSR count). The number of carbonyl (C=O) groups excluding carboxylic acids is 1. The van der Waals surface area contributed by atoms with Crippen molar-refractivity contribution in [3.05, 3.63) is 56.7 Å². The molecule has 0 atom stereocenters. The Balaban J connectivity index is 1.98. The van der Waals surface area contributed by atoms with Gasteiger partial charge in [-0.1, -0.05) is 43.7 Å². The van der Waals surface area contributed by atoms with E-state index in [1.54, 1.807) is 6.92 Å². The van der Waals surface area contributed by atoms with Crippen LogP contribution in [0.4, 0.5) is 11.5 Å². The van der Waals surface area contributed by atoms with Crippen molar-refractivity contribution >= 4 is 27.4 Å². The molecule has 1 amide bonds. The van der Waals surface area contributed by atoms with Crippen LogP contribution in [0.5, 0.6) is 0 Å². The molecule has 11 heteroatoms. The number of amides is 1. The van der Waals surface area contributed by atoms with Gasteiger partial charge in [-0.3, -0.25) is 24.0 Å². The van der Waals surface area contributed by atoms with Crippen LogP contribution in [0, 0.1) is 5.92 Å². The Labute approximate surface area is 199 Å². The molecule has 0 saturated carbocycles. The van der Waals surface area contributed by atoms with Gasteiger partial charge in [-0.2, -0.15) is 0 Å². The molecule has 0 spiro atoms. The number of aromatic nitrogens is 2. The first-order chi connectivity index (χ1) is 16.2. The molecule has 0 aliphatic carbocycles. The summed E-state index contributed by atoms with van der Waals surface area (Å²) in [4.78, 5) is 42.6. The van der Waals surface area contributed by atoms with Crippen LogP contribution in [0.2, 0.25) is 0 Å². The number of nitrogens with zero attached hydrogens (tertiary/aromatic N) is 3. The predicted octanol–water partition coefficient (Wildman–Crippen LogP) is 1.51. The minimum atomic E-state index is -3.33. The van der Waals surface area contributed by atoms with Gasteiger partial charge in [0.15, 0.2) is 5.69 Å². The lowest BCUT2D eigenvalue weighted by molar-refractivity contribution is -0.123. The third-order valence-electron chi connectivity index (χ3n) is 6.23. The first-order valence-electron chi connectivity index (χ1n) is 11.6. The van der Waals surface area contributed by atoms with Gasteiger partial charge in [-0.25, -0.2) is 17.5 Å². The van der Waals surface area contributed by atoms with Crippen LogP contribution in [0.15, 0.2) is 39.9 Å². The fourth-order valence-electron chi connectivity index (χ4n) is 4.19. The molecule has 0 unspecified atom stereocenters. The third kappa shape index (κ3) is 5.58. The Morgan fingerprint density at radius 3 is 2.38 bits per heavy atom. The first-order valence-corrected chi connectivity index (χ1v) is 13.3. The Morgan fingerprint density at radius 2 is 1.79 bits per heavy atom. The summed E-state index contributed by atoms with van der Waals surface area (Å²) in [6, 6.07) is 9.21. The normalized spacial score (nSPS) is 15.4. The number of anilines is 2. The lowest BCUT2D eigenvalue weighted by atomic mass is 9.96. The molecule has 34 heavy (non-hydrogen) atoms. The van der Waals surface area contributed by atoms with E-state index in [0.717, 1.165) is 12.0 Å². The zero-order chi connectivity index (χ0) is 24.9. The standard InChI is InChI=1S/C23H33N5O5S/c1-3-5-13-27-20(24)19(21(29)25-23(27)31)28(16-17-9-7-6-8-10-17)22(30)18-11-14-26(15-12-18)34(32,33)4-2/h6-10,18H,3-5,11-16,24H2,1-2H3,(H,25,29,31). The zero-order valence-electron chi connectivity index (χ0n) is 19.7. The van der Waals surface area contributed by atoms with E-state index in [1.165, 1.54) is 13.8 Å². The zero-order valence-corrected chi connectivity index (χ0v) is 20.5. The largest absolute Gasteiger partial charge is 0.383 e. The Kier molecular flexibility index (Phi) is 8.32. The predicted molar refractivity (Wildman–Crippen MR) is 132 cm³/mol. The second-order valence-electron chi connectivity index (χ2n) is 8.48. The Hall–Kier alpha value is -2.92. The number of benzene rings is 1. The lowest BCUT2D eigenvalue weighted by Gasteiger charge is -2.33. The van der Waals surface area contributed by atoms with Crippen molar-refractivity contribution in [3.63, 3.8) is 0 Å². The number of piperidine rings is 1. The molecule has 2 aromatic rings. The van der Waals surface area contributed by atoms with Gasteiger partial charge in [0.2, 0.25) is 15.9 Å². The van der Waals surface area contributed by atoms with Crippen molar-refractivity contribution in [1.82, 2.24) is 13.9 Å². The van der Waals surface area contributed by atoms with Crippen LogP contribution in [0.1, 0.15) is 45.1 Å². The maximum absolute atomic E-state index is 13.7. The molecule has 186 valence electrons. The maximum Gasteiger partial charge on any atom is 0.330 e. The minimum absolute atomic E-state index is 0.0109. The molecular formula is C23H33N5O5S. The highest BCUT2D eigenvalue weighted by Crippen LogP contribution is 2.27. The summed E-state index contributed by atoms with van der Waals surface area (Å²) in [6.45, 7) is 4.49. The summed E-state index contributed by atoms with van der Waals surface area (Å²) in [5.74, 6) is -0.814. The number of hydrogen-bond acceptors (Lipinski definition) is 6. The minimum Gasteiger partial charge on any atom is -0.383 e. The molecule has 1 aliphatic heterocycles. The van der Waals surface area contributed by atoms with Gasteiger partial charge in [-0.05, 0) is 31.7 Å². The summed E-state index contributed by atoms with van der Waals surface area (Å²) in [7, 11) is -3.33. The summed E-state index contributed by atoms with van der Waals surface area (Å²) in [6.07, 6.45) is 2.20. The fraction of sp³-hybridized carbons (Fsp3) is 0.522. The van der Waals surface area contributed by atoms with Crippen LogP contribution in [-0.2, 0) is 27.9 Å². The second-order valence-corrected chi connectivity index (χ2v) is 10.7. The van der Waals surface area contributed by atoms with Gasteiger partial charge < -0.3 is 5.73 Å². The van der Waals surface area contributed by atoms with Crippen LogP contribution >= 0.6 is 0 Å². The highest BCUT2D eigenvalue weighted by molar-refractivity contribution is 7.89. The SMILES string of the molecule is CCCCn1c(N)c(N(Cc2ccccc2)C(=O)C2CCN(S(=O)(=O)CC)CC2)c(=O)[nH]c1=O. The molecule has 1 saturated heterocycles. The van der Waals surface area contributed by atoms with Crippen molar-refractivity contribution in [3.8, 4) is 0 Å². The Morgan fingerprint density at radius 1 is 1.15 bits per heavy atom. The van der Waals surface area contributed by atoms with Gasteiger partial charge in [-0.15, -0.1) is 0 Å². The third-order valence-corrected chi connectivity index (χ3v) is 8.11. The van der Waals surface area contributed by atoms with E-state index in [2.05, 4.69) is 4.98 Å². The van der Waals surface area contributed by atoms with Crippen molar-refractivity contribution in [2.45, 2.75) is 52.6 Å². The van der Waals surface area contributed by atoms with Crippen molar-refractivity contribution in [2.24, 2.45) is 5.92 Å². The Bertz CT molecular complexity index is 1210. The van der Waals surface area contributed by atoms with E-state index in [1.807, 2.05) is 37.3 Å². The number of nitrogens with two attached hydrogens (primary N) is 1. The molecule has 1 aromatic carbocycles. The lowest BCUT2D eigenvalue weighted by Crippen LogP contribution is -2.47. The summed E-state index contributed by atoms with van der Waals surface area (Å²) in [5, 5.41) is 0. The topological polar surface area (TPSA) is 139 Å². The van der Waals surface area contributed by atoms with Crippen LogP contribution in [-0.4, -0.2) is 47.0 Å². The molecule has 0 radical (unpaired) electrons. The summed E-state index contributed by atoms with van der Waals surface area (Å²) >= 11 is 0. The summed E-state index contributed by atoms with van der Waals surface area (Å²) < 4.78 is 27.1. The molecule has 0 bridgehead atoms. The van der Waals surface area contributed by atoms with Gasteiger partial charge in [0.25, 0.3) is 5.56 Å². The fourth-order valence-corrected chi connectivity index (χ4v) is 5.33. The van der Waals surface area contributed by atoms with Crippen molar-refractivity contribution < 1.29 is 13.2 Å². The van der Waals surface area contributed by atoms with Crippen LogP contribution < -0.4 is 21.9 Å². The molecule has 3 N–H and O–H groups in total. The van der Waals surface area contributed by atoms with Crippen molar-refractivity contribution in [2.75, 3.05) is 29.5 Å². The number of aromatic amines is 1. The van der Waals surface area contributed by atoms with E-state index in [-0.39, 0.29) is 42.8 Å². The van der Waals surface area contributed by atoms with Gasteiger partial charge in [0.05, 0.1) is 12.3 Å². The molecule has 2 heterocycles.